The summed E-state index contributed by atoms with van der Waals surface area (Å²) < 4.78 is 31.5. The van der Waals surface area contributed by atoms with Crippen molar-refractivity contribution < 1.29 is 32.6 Å². The maximum atomic E-state index is 13.6. The van der Waals surface area contributed by atoms with Gasteiger partial charge in [-0.1, -0.05) is 60.7 Å². The summed E-state index contributed by atoms with van der Waals surface area (Å²) in [6, 6.07) is 19.3. The van der Waals surface area contributed by atoms with Crippen molar-refractivity contribution >= 4 is 33.8 Å². The Hall–Kier alpha value is -4.31. The number of amides is 1. The van der Waals surface area contributed by atoms with E-state index in [9.17, 15) is 27.9 Å². The zero-order valence-electron chi connectivity index (χ0n) is 20.5. The Morgan fingerprint density at radius 1 is 1.03 bits per heavy atom. The molecule has 0 spiro atoms. The third kappa shape index (κ3) is 3.97. The number of rotatable bonds is 6. The first-order valence-corrected chi connectivity index (χ1v) is 13.4. The molecule has 2 fully saturated rings. The zero-order chi connectivity index (χ0) is 27.2. The molecule has 10 heteroatoms. The van der Waals surface area contributed by atoms with Crippen LogP contribution in [0.2, 0.25) is 0 Å². The van der Waals surface area contributed by atoms with Gasteiger partial charge >= 0.3 is 11.9 Å². The van der Waals surface area contributed by atoms with Crippen LogP contribution in [0.3, 0.4) is 0 Å². The third-order valence-corrected chi connectivity index (χ3v) is 9.72. The summed E-state index contributed by atoms with van der Waals surface area (Å²) in [7, 11) is -4.06. The summed E-state index contributed by atoms with van der Waals surface area (Å²) in [6.45, 7) is 2.81. The van der Waals surface area contributed by atoms with Crippen LogP contribution in [0.15, 0.2) is 84.6 Å². The molecule has 0 unspecified atom stereocenters. The summed E-state index contributed by atoms with van der Waals surface area (Å²) in [5, 5.41) is 7.86. The summed E-state index contributed by atoms with van der Waals surface area (Å²) in [5.74, 6) is -2.67. The van der Waals surface area contributed by atoms with Crippen LogP contribution in [0.4, 0.5) is 0 Å². The highest BCUT2D eigenvalue weighted by Gasteiger charge is 2.70. The number of sulfone groups is 1. The number of carboxylic acid groups (broad SMARTS) is 1. The smallest absolute Gasteiger partial charge is 0.335 e. The van der Waals surface area contributed by atoms with Crippen molar-refractivity contribution in [3.8, 4) is 0 Å². The highest BCUT2D eigenvalue weighted by molar-refractivity contribution is 7.94. The van der Waals surface area contributed by atoms with Crippen LogP contribution in [0, 0.1) is 0 Å². The van der Waals surface area contributed by atoms with Gasteiger partial charge in [0, 0.05) is 6.20 Å². The molecule has 2 aliphatic rings. The van der Waals surface area contributed by atoms with Gasteiger partial charge in [-0.15, -0.1) is 0 Å². The van der Waals surface area contributed by atoms with Crippen molar-refractivity contribution in [2.45, 2.75) is 36.1 Å². The average molecular weight is 533 g/mol. The van der Waals surface area contributed by atoms with Crippen LogP contribution in [0.5, 0.6) is 0 Å². The number of fused-ring (bicyclic) bond motifs is 1. The number of pyridine rings is 1. The van der Waals surface area contributed by atoms with Crippen LogP contribution in [0.25, 0.3) is 6.08 Å². The van der Waals surface area contributed by atoms with Gasteiger partial charge < -0.3 is 14.7 Å². The average Bonchev–Trinajstić information content (AvgIpc) is 3.06. The van der Waals surface area contributed by atoms with Crippen LogP contribution < -0.4 is 0 Å². The number of nitrogens with zero attached hydrogens (tertiary/aromatic N) is 2. The number of β-lactam (4-membered cyclic amide) rings is 1. The monoisotopic (exact) mass is 532 g/mol. The van der Waals surface area contributed by atoms with E-state index in [1.54, 1.807) is 24.3 Å². The lowest BCUT2D eigenvalue weighted by Gasteiger charge is -2.38. The summed E-state index contributed by atoms with van der Waals surface area (Å²) in [4.78, 5) is 43.2. The van der Waals surface area contributed by atoms with Gasteiger partial charge in [0.2, 0.25) is 0 Å². The van der Waals surface area contributed by atoms with Gasteiger partial charge in [-0.25, -0.2) is 18.0 Å². The Kier molecular flexibility index (Phi) is 6.15. The van der Waals surface area contributed by atoms with Gasteiger partial charge in [0.25, 0.3) is 5.91 Å². The Morgan fingerprint density at radius 3 is 2.16 bits per heavy atom. The molecular weight excluding hydrogens is 508 g/mol. The van der Waals surface area contributed by atoms with Crippen molar-refractivity contribution in [1.29, 1.82) is 0 Å². The van der Waals surface area contributed by atoms with E-state index in [1.165, 1.54) is 38.3 Å². The van der Waals surface area contributed by atoms with Gasteiger partial charge in [0.1, 0.15) is 4.75 Å². The number of carbonyl (C=O) groups excluding carboxylic acids is 2. The number of carboxylic acids is 1. The second-order valence-electron chi connectivity index (χ2n) is 9.63. The van der Waals surface area contributed by atoms with E-state index >= 15 is 0 Å². The minimum Gasteiger partial charge on any atom is -0.478 e. The summed E-state index contributed by atoms with van der Waals surface area (Å²) >= 11 is 0. The second kappa shape index (κ2) is 9.21. The van der Waals surface area contributed by atoms with Gasteiger partial charge in [-0.3, -0.25) is 9.78 Å². The molecule has 2 aliphatic heterocycles. The largest absolute Gasteiger partial charge is 0.478 e. The number of carbonyl (C=O) groups is 3. The minimum atomic E-state index is -4.06. The molecular formula is C28H24N2O7S. The molecule has 38 heavy (non-hydrogen) atoms. The molecule has 3 heterocycles. The zero-order valence-corrected chi connectivity index (χ0v) is 21.3. The van der Waals surface area contributed by atoms with E-state index in [0.717, 1.165) is 4.90 Å². The van der Waals surface area contributed by atoms with Gasteiger partial charge in [-0.05, 0) is 43.2 Å². The van der Waals surface area contributed by atoms with E-state index in [0.29, 0.717) is 11.1 Å². The Bertz CT molecular complexity index is 1530. The van der Waals surface area contributed by atoms with Gasteiger partial charge in [0.15, 0.2) is 27.4 Å². The fourth-order valence-electron chi connectivity index (χ4n) is 4.91. The first-order chi connectivity index (χ1) is 18.0. The lowest BCUT2D eigenvalue weighted by Crippen LogP contribution is -2.59. The standard InChI is InChI=1S/C28H24N2O7S/c1-28(2)23(27(34)37-22(17-9-5-3-6-10-17)18-11-7-4-8-12-18)30-24(31)21(25(30)38(28,35)36)16-20-15-19(26(32)33)13-14-29-20/h3-16,22-23,25H,1-2H3,(H,32,33)/t23-,25+/m0/s1. The number of aromatic carboxylic acids is 1. The number of esters is 1. The highest BCUT2D eigenvalue weighted by Crippen LogP contribution is 2.49. The van der Waals surface area contributed by atoms with E-state index in [4.69, 9.17) is 4.74 Å². The van der Waals surface area contributed by atoms with Crippen LogP contribution >= 0.6 is 0 Å². The number of aromatic nitrogens is 1. The minimum absolute atomic E-state index is 0.0561. The lowest BCUT2D eigenvalue weighted by atomic mass is 9.94. The van der Waals surface area contributed by atoms with Gasteiger partial charge in [0.05, 0.1) is 16.8 Å². The van der Waals surface area contributed by atoms with E-state index in [1.807, 2.05) is 36.4 Å². The number of hydrogen-bond donors (Lipinski definition) is 1. The molecule has 1 N–H and O–H groups in total. The first kappa shape index (κ1) is 25.3. The number of benzene rings is 2. The van der Waals surface area contributed by atoms with Crippen LogP contribution in [-0.4, -0.2) is 57.4 Å². The Morgan fingerprint density at radius 2 is 1.61 bits per heavy atom. The van der Waals surface area contributed by atoms with Crippen molar-refractivity contribution in [1.82, 2.24) is 9.88 Å². The maximum absolute atomic E-state index is 13.6. The molecule has 0 aliphatic carbocycles. The summed E-state index contributed by atoms with van der Waals surface area (Å²) in [6.07, 6.45) is 1.71. The van der Waals surface area contributed by atoms with E-state index in [-0.39, 0.29) is 16.8 Å². The molecule has 1 aromatic heterocycles. The maximum Gasteiger partial charge on any atom is 0.335 e. The molecule has 0 bridgehead atoms. The molecule has 2 atom stereocenters. The van der Waals surface area contributed by atoms with Crippen molar-refractivity contribution in [3.05, 3.63) is 107 Å². The molecule has 9 nitrogen and oxygen atoms in total. The predicted octanol–water partition coefficient (Wildman–Crippen LogP) is 3.24. The van der Waals surface area contributed by atoms with Crippen molar-refractivity contribution in [2.75, 3.05) is 0 Å². The Balaban J connectivity index is 1.50. The molecule has 1 amide bonds. The fourth-order valence-corrected chi connectivity index (χ4v) is 7.02. The van der Waals surface area contributed by atoms with Crippen LogP contribution in [0.1, 0.15) is 47.1 Å². The first-order valence-electron chi connectivity index (χ1n) is 11.8. The molecule has 2 aromatic carbocycles. The molecule has 3 aromatic rings. The molecule has 194 valence electrons. The van der Waals surface area contributed by atoms with E-state index < -0.39 is 49.9 Å². The van der Waals surface area contributed by atoms with Gasteiger partial charge in [-0.2, -0.15) is 0 Å². The highest BCUT2D eigenvalue weighted by atomic mass is 32.2. The van der Waals surface area contributed by atoms with Crippen molar-refractivity contribution in [3.63, 3.8) is 0 Å². The Labute approximate surface area is 219 Å². The third-order valence-electron chi connectivity index (χ3n) is 6.96. The number of ether oxygens (including phenoxy) is 1. The van der Waals surface area contributed by atoms with Crippen molar-refractivity contribution in [2.24, 2.45) is 0 Å². The fraction of sp³-hybridized carbons (Fsp3) is 0.214. The number of hydrogen-bond acceptors (Lipinski definition) is 7. The quantitative estimate of drug-likeness (QED) is 0.291. The predicted molar refractivity (Wildman–Crippen MR) is 137 cm³/mol. The normalized spacial score (nSPS) is 22.1. The molecule has 0 radical (unpaired) electrons. The summed E-state index contributed by atoms with van der Waals surface area (Å²) in [5.41, 5.74) is 1.38. The second-order valence-corrected chi connectivity index (χ2v) is 12.2. The van der Waals surface area contributed by atoms with E-state index in [2.05, 4.69) is 4.98 Å². The topological polar surface area (TPSA) is 131 Å². The molecule has 0 saturated carbocycles. The van der Waals surface area contributed by atoms with Crippen LogP contribution in [-0.2, 0) is 24.2 Å². The molecule has 2 saturated heterocycles. The molecule has 5 rings (SSSR count). The SMILES string of the molecule is CC1(C)[C@H](C(=O)OC(c2ccccc2)c2ccccc2)N2C(=O)C(=Cc3cc(C(=O)O)ccn3)[C@H]2S1(=O)=O. The lowest BCUT2D eigenvalue weighted by molar-refractivity contribution is -0.160.